The summed E-state index contributed by atoms with van der Waals surface area (Å²) in [5, 5.41) is 5.17. The van der Waals surface area contributed by atoms with Crippen molar-refractivity contribution in [2.75, 3.05) is 32.7 Å². The smallest absolute Gasteiger partial charge is 0.321 e. The van der Waals surface area contributed by atoms with Crippen LogP contribution in [0.25, 0.3) is 0 Å². The zero-order chi connectivity index (χ0) is 20.6. The van der Waals surface area contributed by atoms with Gasteiger partial charge in [0, 0.05) is 45.2 Å². The average molecular weight is 403 g/mol. The second-order valence-corrected chi connectivity index (χ2v) is 8.27. The lowest BCUT2D eigenvalue weighted by Crippen LogP contribution is -2.50. The number of hydrogen-bond donors (Lipinski definition) is 2. The molecule has 3 rings (SSSR count). The van der Waals surface area contributed by atoms with Crippen LogP contribution in [-0.4, -0.2) is 72.7 Å². The predicted molar refractivity (Wildman–Crippen MR) is 112 cm³/mol. The standard InChI is InChI=1S/C22H34N4O3/c1-17-14-25(15-18(2)29-17)16-20-9-6-11-26(20)12-10-21(27)24-22(28)23-13-19-7-4-3-5-8-19/h3-5,7-8,17-18,20H,6,9-16H2,1-2H3,(H2,23,24,27,28). The number of rotatable bonds is 7. The topological polar surface area (TPSA) is 73.9 Å². The minimum atomic E-state index is -0.437. The minimum Gasteiger partial charge on any atom is -0.373 e. The monoisotopic (exact) mass is 402 g/mol. The minimum absolute atomic E-state index is 0.227. The molecule has 1 aromatic rings. The van der Waals surface area contributed by atoms with Crippen LogP contribution < -0.4 is 10.6 Å². The third-order valence-corrected chi connectivity index (χ3v) is 5.64. The Balaban J connectivity index is 1.36. The predicted octanol–water partition coefficient (Wildman–Crippen LogP) is 1.98. The molecule has 160 valence electrons. The SMILES string of the molecule is CC1CN(CC2CCCN2CCC(=O)NC(=O)NCc2ccccc2)CC(C)O1. The van der Waals surface area contributed by atoms with Crippen molar-refractivity contribution in [2.24, 2.45) is 0 Å². The number of amides is 3. The van der Waals surface area contributed by atoms with Gasteiger partial charge in [0.15, 0.2) is 0 Å². The highest BCUT2D eigenvalue weighted by molar-refractivity contribution is 5.94. The molecule has 3 unspecified atom stereocenters. The fourth-order valence-electron chi connectivity index (χ4n) is 4.38. The van der Waals surface area contributed by atoms with Crippen molar-refractivity contribution in [1.82, 2.24) is 20.4 Å². The second-order valence-electron chi connectivity index (χ2n) is 8.27. The second kappa shape index (κ2) is 10.7. The molecule has 2 N–H and O–H groups in total. The summed E-state index contributed by atoms with van der Waals surface area (Å²) in [6.07, 6.45) is 3.21. The van der Waals surface area contributed by atoms with Crippen molar-refractivity contribution in [3.05, 3.63) is 35.9 Å². The number of nitrogens with zero attached hydrogens (tertiary/aromatic N) is 2. The molecule has 0 radical (unpaired) electrons. The van der Waals surface area contributed by atoms with Crippen molar-refractivity contribution < 1.29 is 14.3 Å². The molecule has 2 saturated heterocycles. The Morgan fingerprint density at radius 1 is 1.14 bits per heavy atom. The lowest BCUT2D eigenvalue weighted by Gasteiger charge is -2.38. The maximum Gasteiger partial charge on any atom is 0.321 e. The molecule has 0 aliphatic carbocycles. The number of hydrogen-bond acceptors (Lipinski definition) is 5. The van der Waals surface area contributed by atoms with Crippen LogP contribution in [0.5, 0.6) is 0 Å². The summed E-state index contributed by atoms with van der Waals surface area (Å²) >= 11 is 0. The van der Waals surface area contributed by atoms with Gasteiger partial charge in [-0.2, -0.15) is 0 Å². The molecule has 7 nitrogen and oxygen atoms in total. The van der Waals surface area contributed by atoms with Crippen molar-refractivity contribution in [1.29, 1.82) is 0 Å². The number of carbonyl (C=O) groups is 2. The molecule has 7 heteroatoms. The lowest BCUT2D eigenvalue weighted by molar-refractivity contribution is -0.120. The summed E-state index contributed by atoms with van der Waals surface area (Å²) in [5.41, 5.74) is 1.00. The molecular formula is C22H34N4O3. The number of morpholine rings is 1. The number of ether oxygens (including phenoxy) is 1. The first-order chi connectivity index (χ1) is 14.0. The largest absolute Gasteiger partial charge is 0.373 e. The van der Waals surface area contributed by atoms with Gasteiger partial charge in [0.05, 0.1) is 12.2 Å². The van der Waals surface area contributed by atoms with Gasteiger partial charge in [0.2, 0.25) is 5.91 Å². The van der Waals surface area contributed by atoms with E-state index < -0.39 is 6.03 Å². The zero-order valence-corrected chi connectivity index (χ0v) is 17.6. The van der Waals surface area contributed by atoms with E-state index in [1.165, 1.54) is 12.8 Å². The van der Waals surface area contributed by atoms with Gasteiger partial charge in [-0.25, -0.2) is 4.79 Å². The Labute approximate surface area is 173 Å². The van der Waals surface area contributed by atoms with Crippen LogP contribution >= 0.6 is 0 Å². The Bertz CT molecular complexity index is 659. The molecule has 2 aliphatic rings. The molecule has 3 amide bonds. The zero-order valence-electron chi connectivity index (χ0n) is 17.6. The fraction of sp³-hybridized carbons (Fsp3) is 0.636. The summed E-state index contributed by atoms with van der Waals surface area (Å²) in [5.74, 6) is -0.227. The van der Waals surface area contributed by atoms with E-state index in [0.29, 0.717) is 25.6 Å². The van der Waals surface area contributed by atoms with Gasteiger partial charge in [0.1, 0.15) is 0 Å². The van der Waals surface area contributed by atoms with Gasteiger partial charge in [-0.1, -0.05) is 30.3 Å². The van der Waals surface area contributed by atoms with E-state index >= 15 is 0 Å². The molecule has 0 saturated carbocycles. The maximum absolute atomic E-state index is 12.2. The number of carbonyl (C=O) groups excluding carboxylic acids is 2. The van der Waals surface area contributed by atoms with Gasteiger partial charge in [0.25, 0.3) is 0 Å². The van der Waals surface area contributed by atoms with Crippen LogP contribution in [0.1, 0.15) is 38.7 Å². The number of likely N-dealkylation sites (tertiary alicyclic amines) is 1. The van der Waals surface area contributed by atoms with Gasteiger partial charge in [-0.05, 0) is 38.8 Å². The number of urea groups is 1. The molecule has 0 bridgehead atoms. The van der Waals surface area contributed by atoms with E-state index in [9.17, 15) is 9.59 Å². The average Bonchev–Trinajstić information content (AvgIpc) is 3.11. The lowest BCUT2D eigenvalue weighted by atomic mass is 10.1. The first-order valence-corrected chi connectivity index (χ1v) is 10.7. The summed E-state index contributed by atoms with van der Waals surface area (Å²) in [7, 11) is 0. The van der Waals surface area contributed by atoms with Gasteiger partial charge >= 0.3 is 6.03 Å². The van der Waals surface area contributed by atoms with E-state index in [-0.39, 0.29) is 18.1 Å². The summed E-state index contributed by atoms with van der Waals surface area (Å²) in [6, 6.07) is 9.69. The first-order valence-electron chi connectivity index (χ1n) is 10.7. The highest BCUT2D eigenvalue weighted by Gasteiger charge is 2.30. The van der Waals surface area contributed by atoms with E-state index in [1.54, 1.807) is 0 Å². The van der Waals surface area contributed by atoms with E-state index in [4.69, 9.17) is 4.74 Å². The molecule has 2 heterocycles. The third-order valence-electron chi connectivity index (χ3n) is 5.64. The van der Waals surface area contributed by atoms with Crippen molar-refractivity contribution in [2.45, 2.75) is 57.9 Å². The third kappa shape index (κ3) is 7.10. The van der Waals surface area contributed by atoms with Crippen LogP contribution in [0.4, 0.5) is 4.79 Å². The van der Waals surface area contributed by atoms with Gasteiger partial charge in [-0.15, -0.1) is 0 Å². The van der Waals surface area contributed by atoms with Crippen molar-refractivity contribution in [3.63, 3.8) is 0 Å². The molecule has 0 spiro atoms. The Morgan fingerprint density at radius 2 is 1.86 bits per heavy atom. The highest BCUT2D eigenvalue weighted by Crippen LogP contribution is 2.20. The highest BCUT2D eigenvalue weighted by atomic mass is 16.5. The van der Waals surface area contributed by atoms with Crippen molar-refractivity contribution in [3.8, 4) is 0 Å². The molecule has 3 atom stereocenters. The number of imide groups is 1. The van der Waals surface area contributed by atoms with Crippen LogP contribution in [0.3, 0.4) is 0 Å². The Kier molecular flexibility index (Phi) is 8.03. The summed E-state index contributed by atoms with van der Waals surface area (Å²) < 4.78 is 5.83. The molecule has 29 heavy (non-hydrogen) atoms. The van der Waals surface area contributed by atoms with E-state index in [0.717, 1.165) is 31.7 Å². The fourth-order valence-corrected chi connectivity index (χ4v) is 4.38. The van der Waals surface area contributed by atoms with Crippen LogP contribution in [0, 0.1) is 0 Å². The number of nitrogens with one attached hydrogen (secondary N) is 2. The Morgan fingerprint density at radius 3 is 2.59 bits per heavy atom. The summed E-state index contributed by atoms with van der Waals surface area (Å²) in [4.78, 5) is 29.0. The van der Waals surface area contributed by atoms with Crippen LogP contribution in [0.15, 0.2) is 30.3 Å². The van der Waals surface area contributed by atoms with Crippen LogP contribution in [-0.2, 0) is 16.1 Å². The maximum atomic E-state index is 12.2. The van der Waals surface area contributed by atoms with Crippen molar-refractivity contribution >= 4 is 11.9 Å². The molecule has 0 aromatic heterocycles. The quantitative estimate of drug-likeness (QED) is 0.730. The molecular weight excluding hydrogens is 368 g/mol. The normalized spacial score (nSPS) is 25.7. The van der Waals surface area contributed by atoms with Gasteiger partial charge in [-0.3, -0.25) is 19.9 Å². The Hall–Kier alpha value is -1.96. The number of benzene rings is 1. The van der Waals surface area contributed by atoms with Crippen LogP contribution in [0.2, 0.25) is 0 Å². The molecule has 2 aliphatic heterocycles. The first kappa shape index (κ1) is 21.7. The van der Waals surface area contributed by atoms with E-state index in [1.807, 2.05) is 30.3 Å². The van der Waals surface area contributed by atoms with Gasteiger partial charge < -0.3 is 10.1 Å². The summed E-state index contributed by atoms with van der Waals surface area (Å²) in [6.45, 7) is 9.34. The van der Waals surface area contributed by atoms with E-state index in [2.05, 4.69) is 34.3 Å². The molecule has 1 aromatic carbocycles. The molecule has 2 fully saturated rings.